The van der Waals surface area contributed by atoms with Crippen molar-refractivity contribution >= 4 is 34.6 Å². The van der Waals surface area contributed by atoms with Gasteiger partial charge in [0.1, 0.15) is 16.4 Å². The number of nitrogens with two attached hydrogens (primary N) is 2. The smallest absolute Gasteiger partial charge is 0.271 e. The van der Waals surface area contributed by atoms with Crippen molar-refractivity contribution in [2.45, 2.75) is 0 Å². The first kappa shape index (κ1) is 13.7. The van der Waals surface area contributed by atoms with Crippen LogP contribution in [-0.2, 0) is 0 Å². The van der Waals surface area contributed by atoms with Gasteiger partial charge in [0.05, 0.1) is 6.20 Å². The van der Waals surface area contributed by atoms with E-state index in [0.29, 0.717) is 5.69 Å². The lowest BCUT2D eigenvalue weighted by Crippen LogP contribution is -2.19. The number of phenols is 1. The maximum atomic E-state index is 11.3. The average Bonchev–Trinajstić information content (AvgIpc) is 2.38. The van der Waals surface area contributed by atoms with Crippen LogP contribution >= 0.6 is 12.2 Å². The van der Waals surface area contributed by atoms with Crippen molar-refractivity contribution in [1.82, 2.24) is 9.97 Å². The van der Waals surface area contributed by atoms with E-state index in [4.69, 9.17) is 23.7 Å². The van der Waals surface area contributed by atoms with Gasteiger partial charge in [0, 0.05) is 11.8 Å². The van der Waals surface area contributed by atoms with Crippen LogP contribution in [0.2, 0.25) is 0 Å². The molecule has 1 aromatic carbocycles. The lowest BCUT2D eigenvalue weighted by Gasteiger charge is -2.10. The normalized spacial score (nSPS) is 10.0. The summed E-state index contributed by atoms with van der Waals surface area (Å²) < 4.78 is 0. The van der Waals surface area contributed by atoms with E-state index in [1.165, 1.54) is 18.3 Å². The second-order valence-corrected chi connectivity index (χ2v) is 4.30. The van der Waals surface area contributed by atoms with Crippen LogP contribution in [0.5, 0.6) is 5.75 Å². The fourth-order valence-corrected chi connectivity index (χ4v) is 1.59. The molecule has 0 aliphatic carbocycles. The summed E-state index contributed by atoms with van der Waals surface area (Å²) in [5.41, 5.74) is 11.4. The molecule has 0 saturated carbocycles. The summed E-state index contributed by atoms with van der Waals surface area (Å²) in [6, 6.07) is 6.28. The van der Waals surface area contributed by atoms with Gasteiger partial charge in [-0.25, -0.2) is 9.97 Å². The summed E-state index contributed by atoms with van der Waals surface area (Å²) in [7, 11) is 0. The largest absolute Gasteiger partial charge is 0.508 e. The Morgan fingerprint density at radius 2 is 2.10 bits per heavy atom. The van der Waals surface area contributed by atoms with Gasteiger partial charge >= 0.3 is 0 Å². The number of carbonyl (C=O) groups is 1. The van der Waals surface area contributed by atoms with E-state index in [1.807, 2.05) is 0 Å². The molecule has 8 heteroatoms. The van der Waals surface area contributed by atoms with Gasteiger partial charge in [-0.2, -0.15) is 0 Å². The molecule has 2 rings (SSSR count). The molecule has 0 saturated heterocycles. The Morgan fingerprint density at radius 1 is 1.35 bits per heavy atom. The van der Waals surface area contributed by atoms with Crippen molar-refractivity contribution < 1.29 is 9.90 Å². The fraction of sp³-hybridized carbons (Fsp3) is 0. The number of carbonyl (C=O) groups excluding carboxylic acids is 1. The zero-order valence-electron chi connectivity index (χ0n) is 10.2. The van der Waals surface area contributed by atoms with E-state index in [9.17, 15) is 9.90 Å². The van der Waals surface area contributed by atoms with E-state index in [2.05, 4.69) is 15.3 Å². The number of anilines is 2. The first-order valence-corrected chi connectivity index (χ1v) is 5.91. The number of aromatic hydroxyl groups is 1. The number of thiocarbonyl (C=S) groups is 1. The van der Waals surface area contributed by atoms with Crippen LogP contribution in [-0.4, -0.2) is 26.0 Å². The zero-order chi connectivity index (χ0) is 14.7. The molecule has 6 N–H and O–H groups in total. The third-order valence-electron chi connectivity index (χ3n) is 2.37. The first-order valence-electron chi connectivity index (χ1n) is 5.50. The predicted octanol–water partition coefficient (Wildman–Crippen LogP) is 0.659. The third kappa shape index (κ3) is 2.98. The van der Waals surface area contributed by atoms with Gasteiger partial charge in [-0.1, -0.05) is 18.3 Å². The molecule has 0 fully saturated rings. The molecule has 0 atom stereocenters. The zero-order valence-corrected chi connectivity index (χ0v) is 11.0. The highest BCUT2D eigenvalue weighted by Crippen LogP contribution is 2.21. The van der Waals surface area contributed by atoms with Gasteiger partial charge in [-0.05, 0) is 12.1 Å². The van der Waals surface area contributed by atoms with Crippen LogP contribution < -0.4 is 16.8 Å². The van der Waals surface area contributed by atoms with Crippen molar-refractivity contribution in [3.05, 3.63) is 41.9 Å². The number of phenolic OH excluding ortho intramolecular Hbond substituents is 1. The second kappa shape index (κ2) is 5.49. The number of benzene rings is 1. The summed E-state index contributed by atoms with van der Waals surface area (Å²) in [4.78, 5) is 19.4. The summed E-state index contributed by atoms with van der Waals surface area (Å²) >= 11 is 4.81. The van der Waals surface area contributed by atoms with Crippen LogP contribution in [0.15, 0.2) is 30.5 Å². The van der Waals surface area contributed by atoms with E-state index < -0.39 is 5.91 Å². The third-order valence-corrected chi connectivity index (χ3v) is 2.58. The molecule has 0 bridgehead atoms. The molecule has 2 aromatic rings. The molecule has 0 aliphatic heterocycles. The van der Waals surface area contributed by atoms with Gasteiger partial charge in [0.15, 0.2) is 11.5 Å². The van der Waals surface area contributed by atoms with Gasteiger partial charge in [0.2, 0.25) is 0 Å². The summed E-state index contributed by atoms with van der Waals surface area (Å²) in [5, 5.41) is 12.2. The molecular formula is C12H11N5O2S. The standard InChI is InChI=1S/C12H11N5O2S/c13-10(19)9-12(17-8(5-15-9)11(14)20)16-6-2-1-3-7(18)4-6/h1-5,18H,(H2,13,19)(H2,14,20)(H,16,17). The van der Waals surface area contributed by atoms with Crippen molar-refractivity contribution in [1.29, 1.82) is 0 Å². The predicted molar refractivity (Wildman–Crippen MR) is 77.8 cm³/mol. The number of primary amides is 1. The van der Waals surface area contributed by atoms with Gasteiger partial charge in [0.25, 0.3) is 5.91 Å². The minimum atomic E-state index is -0.741. The van der Waals surface area contributed by atoms with Gasteiger partial charge < -0.3 is 21.9 Å². The molecule has 1 aromatic heterocycles. The lowest BCUT2D eigenvalue weighted by atomic mass is 10.3. The number of hydrogen-bond acceptors (Lipinski definition) is 6. The lowest BCUT2D eigenvalue weighted by molar-refractivity contribution is 0.0996. The number of rotatable bonds is 4. The van der Waals surface area contributed by atoms with Gasteiger partial charge in [-0.15, -0.1) is 0 Å². The number of nitrogens with zero attached hydrogens (tertiary/aromatic N) is 2. The molecular weight excluding hydrogens is 278 g/mol. The van der Waals surface area contributed by atoms with Crippen LogP contribution in [0.3, 0.4) is 0 Å². The molecule has 1 heterocycles. The Balaban J connectivity index is 2.44. The van der Waals surface area contributed by atoms with E-state index in [1.54, 1.807) is 12.1 Å². The quantitative estimate of drug-likeness (QED) is 0.609. The Morgan fingerprint density at radius 3 is 2.70 bits per heavy atom. The fourth-order valence-electron chi connectivity index (χ4n) is 1.50. The minimum Gasteiger partial charge on any atom is -0.508 e. The van der Waals surface area contributed by atoms with Crippen LogP contribution in [0.4, 0.5) is 11.5 Å². The highest BCUT2D eigenvalue weighted by molar-refractivity contribution is 7.80. The van der Waals surface area contributed by atoms with Crippen molar-refractivity contribution in [2.24, 2.45) is 11.5 Å². The molecule has 0 spiro atoms. The number of aromatic nitrogens is 2. The molecule has 0 unspecified atom stereocenters. The Bertz CT molecular complexity index is 689. The highest BCUT2D eigenvalue weighted by atomic mass is 32.1. The second-order valence-electron chi connectivity index (χ2n) is 3.86. The molecule has 20 heavy (non-hydrogen) atoms. The maximum Gasteiger partial charge on any atom is 0.271 e. The SMILES string of the molecule is NC(=O)c1ncc(C(N)=S)nc1Nc1cccc(O)c1. The average molecular weight is 289 g/mol. The van der Waals surface area contributed by atoms with E-state index >= 15 is 0 Å². The Labute approximate surface area is 119 Å². The number of nitrogens with one attached hydrogen (secondary N) is 1. The van der Waals surface area contributed by atoms with E-state index in [0.717, 1.165) is 0 Å². The first-order chi connectivity index (χ1) is 9.47. The minimum absolute atomic E-state index is 0.0478. The Kier molecular flexibility index (Phi) is 3.76. The number of hydrogen-bond donors (Lipinski definition) is 4. The maximum absolute atomic E-state index is 11.3. The Hall–Kier alpha value is -2.74. The van der Waals surface area contributed by atoms with Crippen molar-refractivity contribution in [3.63, 3.8) is 0 Å². The van der Waals surface area contributed by atoms with Crippen LogP contribution in [0.25, 0.3) is 0 Å². The molecule has 0 radical (unpaired) electrons. The van der Waals surface area contributed by atoms with Gasteiger partial charge in [-0.3, -0.25) is 4.79 Å². The summed E-state index contributed by atoms with van der Waals surface area (Å²) in [5.74, 6) is -0.558. The van der Waals surface area contributed by atoms with Crippen molar-refractivity contribution in [3.8, 4) is 5.75 Å². The molecule has 1 amide bonds. The van der Waals surface area contributed by atoms with E-state index in [-0.39, 0.29) is 27.9 Å². The molecule has 7 nitrogen and oxygen atoms in total. The summed E-state index contributed by atoms with van der Waals surface area (Å²) in [6.07, 6.45) is 1.27. The number of amides is 1. The topological polar surface area (TPSA) is 127 Å². The van der Waals surface area contributed by atoms with Crippen LogP contribution in [0.1, 0.15) is 16.2 Å². The summed E-state index contributed by atoms with van der Waals surface area (Å²) in [6.45, 7) is 0. The van der Waals surface area contributed by atoms with Crippen molar-refractivity contribution in [2.75, 3.05) is 5.32 Å². The highest BCUT2D eigenvalue weighted by Gasteiger charge is 2.14. The monoisotopic (exact) mass is 289 g/mol. The van der Waals surface area contributed by atoms with Crippen LogP contribution in [0, 0.1) is 0 Å². The molecule has 102 valence electrons. The molecule has 0 aliphatic rings.